The van der Waals surface area contributed by atoms with Crippen molar-refractivity contribution in [2.45, 2.75) is 39.2 Å². The minimum atomic E-state index is -0.132. The van der Waals surface area contributed by atoms with Crippen LogP contribution < -0.4 is 5.32 Å². The summed E-state index contributed by atoms with van der Waals surface area (Å²) in [5, 5.41) is 5.24. The summed E-state index contributed by atoms with van der Waals surface area (Å²) in [4.78, 5) is 23.9. The topological polar surface area (TPSA) is 70.7 Å². The maximum atomic E-state index is 11.9. The lowest BCUT2D eigenvalue weighted by molar-refractivity contribution is 0.0949. The summed E-state index contributed by atoms with van der Waals surface area (Å²) in [5.74, 6) is 0.709. The van der Waals surface area contributed by atoms with Gasteiger partial charge in [-0.15, -0.1) is 11.3 Å². The average Bonchev–Trinajstić information content (AvgIpc) is 3.01. The van der Waals surface area contributed by atoms with Gasteiger partial charge in [-0.05, 0) is 32.6 Å². The van der Waals surface area contributed by atoms with E-state index in [0.717, 1.165) is 24.4 Å². The van der Waals surface area contributed by atoms with Crippen LogP contribution in [0.25, 0.3) is 0 Å². The molecule has 1 aliphatic rings. The van der Waals surface area contributed by atoms with Gasteiger partial charge in [0.15, 0.2) is 5.01 Å². The molecular weight excluding hydrogens is 260 g/mol. The van der Waals surface area contributed by atoms with Gasteiger partial charge in [0.2, 0.25) is 0 Å². The largest absolute Gasteiger partial charge is 0.344 e. The van der Waals surface area contributed by atoms with Gasteiger partial charge in [-0.2, -0.15) is 0 Å². The first-order valence-electron chi connectivity index (χ1n) is 6.49. The zero-order valence-corrected chi connectivity index (χ0v) is 11.6. The monoisotopic (exact) mass is 276 g/mol. The van der Waals surface area contributed by atoms with E-state index in [-0.39, 0.29) is 5.91 Å². The van der Waals surface area contributed by atoms with Gasteiger partial charge in [0, 0.05) is 16.8 Å². The maximum absolute atomic E-state index is 11.9. The fourth-order valence-electron chi connectivity index (χ4n) is 2.29. The van der Waals surface area contributed by atoms with Gasteiger partial charge in [-0.25, -0.2) is 9.97 Å². The summed E-state index contributed by atoms with van der Waals surface area (Å²) >= 11 is 1.37. The Balaban J connectivity index is 1.63. The summed E-state index contributed by atoms with van der Waals surface area (Å²) in [5.41, 5.74) is 3.28. The van der Waals surface area contributed by atoms with Crippen molar-refractivity contribution < 1.29 is 4.79 Å². The van der Waals surface area contributed by atoms with E-state index in [9.17, 15) is 4.79 Å². The Morgan fingerprint density at radius 2 is 2.26 bits per heavy atom. The Morgan fingerprint density at radius 1 is 1.42 bits per heavy atom. The molecule has 0 saturated heterocycles. The molecule has 1 aliphatic carbocycles. The van der Waals surface area contributed by atoms with Crippen LogP contribution in [0.2, 0.25) is 0 Å². The van der Waals surface area contributed by atoms with Crippen molar-refractivity contribution in [2.75, 3.05) is 0 Å². The molecule has 1 amide bonds. The van der Waals surface area contributed by atoms with Gasteiger partial charge < -0.3 is 10.3 Å². The molecule has 0 bridgehead atoms. The van der Waals surface area contributed by atoms with Crippen molar-refractivity contribution in [1.82, 2.24) is 20.3 Å². The Bertz CT molecular complexity index is 578. The van der Waals surface area contributed by atoms with Crippen LogP contribution in [0.15, 0.2) is 5.38 Å². The van der Waals surface area contributed by atoms with Gasteiger partial charge in [0.1, 0.15) is 5.82 Å². The average molecular weight is 276 g/mol. The molecular formula is C13H16N4OS. The highest BCUT2D eigenvalue weighted by molar-refractivity contribution is 7.11. The molecule has 0 radical (unpaired) electrons. The van der Waals surface area contributed by atoms with Crippen LogP contribution in [0.4, 0.5) is 0 Å². The van der Waals surface area contributed by atoms with E-state index in [0.29, 0.717) is 11.6 Å². The van der Waals surface area contributed by atoms with Gasteiger partial charge in [-0.3, -0.25) is 4.79 Å². The number of fused-ring (bicyclic) bond motifs is 1. The molecule has 100 valence electrons. The van der Waals surface area contributed by atoms with E-state index >= 15 is 0 Å². The fourth-order valence-corrected chi connectivity index (χ4v) is 3.00. The number of aromatic amines is 1. The van der Waals surface area contributed by atoms with Crippen molar-refractivity contribution in [1.29, 1.82) is 0 Å². The lowest BCUT2D eigenvalue weighted by Gasteiger charge is -2.07. The molecule has 0 atom stereocenters. The second-order valence-electron chi connectivity index (χ2n) is 4.79. The predicted octanol–water partition coefficient (Wildman–Crippen LogP) is 1.98. The molecule has 2 aromatic heterocycles. The van der Waals surface area contributed by atoms with Crippen molar-refractivity contribution in [3.8, 4) is 0 Å². The number of hydrogen-bond acceptors (Lipinski definition) is 4. The molecule has 0 unspecified atom stereocenters. The number of thiazole rings is 1. The SMILES string of the molecule is Cc1csc(C(=O)NCc2nc3c([nH]2)CCCC3)n1. The zero-order valence-electron chi connectivity index (χ0n) is 10.8. The van der Waals surface area contributed by atoms with Gasteiger partial charge in [-0.1, -0.05) is 0 Å². The van der Waals surface area contributed by atoms with Crippen LogP contribution in [0.1, 0.15) is 45.5 Å². The number of aryl methyl sites for hydroxylation is 3. The number of aromatic nitrogens is 3. The number of H-pyrrole nitrogens is 1. The quantitative estimate of drug-likeness (QED) is 0.900. The van der Waals surface area contributed by atoms with E-state index in [1.807, 2.05) is 12.3 Å². The van der Waals surface area contributed by atoms with Crippen LogP contribution in [0, 0.1) is 6.92 Å². The van der Waals surface area contributed by atoms with Gasteiger partial charge in [0.05, 0.1) is 12.2 Å². The highest BCUT2D eigenvalue weighted by Crippen LogP contribution is 2.18. The molecule has 0 spiro atoms. The highest BCUT2D eigenvalue weighted by Gasteiger charge is 2.15. The second kappa shape index (κ2) is 5.13. The molecule has 2 N–H and O–H groups in total. The summed E-state index contributed by atoms with van der Waals surface area (Å²) < 4.78 is 0. The molecule has 3 rings (SSSR count). The number of hydrogen-bond donors (Lipinski definition) is 2. The van der Waals surface area contributed by atoms with Crippen LogP contribution in [0.3, 0.4) is 0 Å². The van der Waals surface area contributed by atoms with E-state index in [2.05, 4.69) is 20.3 Å². The Labute approximate surface area is 115 Å². The Kier molecular flexibility index (Phi) is 3.33. The molecule has 6 heteroatoms. The third kappa shape index (κ3) is 2.68. The minimum Gasteiger partial charge on any atom is -0.344 e. The fraction of sp³-hybridized carbons (Fsp3) is 0.462. The van der Waals surface area contributed by atoms with Crippen LogP contribution in [-0.4, -0.2) is 20.9 Å². The predicted molar refractivity (Wildman–Crippen MR) is 73.3 cm³/mol. The van der Waals surface area contributed by atoms with Crippen LogP contribution in [0.5, 0.6) is 0 Å². The molecule has 19 heavy (non-hydrogen) atoms. The number of amides is 1. The standard InChI is InChI=1S/C13H16N4OS/c1-8-7-19-13(15-8)12(18)14-6-11-16-9-4-2-3-5-10(9)17-11/h7H,2-6H2,1H3,(H,14,18)(H,16,17). The first-order valence-corrected chi connectivity index (χ1v) is 7.37. The van der Waals surface area contributed by atoms with Crippen LogP contribution >= 0.6 is 11.3 Å². The third-order valence-corrected chi connectivity index (χ3v) is 4.19. The van der Waals surface area contributed by atoms with Crippen molar-refractivity contribution in [2.24, 2.45) is 0 Å². The smallest absolute Gasteiger partial charge is 0.280 e. The number of carbonyl (C=O) groups is 1. The first kappa shape index (κ1) is 12.3. The molecule has 0 saturated carbocycles. The molecule has 0 aliphatic heterocycles. The van der Waals surface area contributed by atoms with Crippen molar-refractivity contribution in [3.63, 3.8) is 0 Å². The van der Waals surface area contributed by atoms with E-state index < -0.39 is 0 Å². The van der Waals surface area contributed by atoms with Gasteiger partial charge >= 0.3 is 0 Å². The number of rotatable bonds is 3. The lowest BCUT2D eigenvalue weighted by atomic mass is 10.0. The highest BCUT2D eigenvalue weighted by atomic mass is 32.1. The molecule has 5 nitrogen and oxygen atoms in total. The number of nitrogens with one attached hydrogen (secondary N) is 2. The summed E-state index contributed by atoms with van der Waals surface area (Å²) in [6.45, 7) is 2.32. The Morgan fingerprint density at radius 3 is 3.00 bits per heavy atom. The van der Waals surface area contributed by atoms with E-state index in [1.165, 1.54) is 35.6 Å². The van der Waals surface area contributed by atoms with E-state index in [1.54, 1.807) is 0 Å². The number of carbonyl (C=O) groups excluding carboxylic acids is 1. The van der Waals surface area contributed by atoms with Crippen molar-refractivity contribution >= 4 is 17.2 Å². The van der Waals surface area contributed by atoms with Crippen LogP contribution in [-0.2, 0) is 19.4 Å². The molecule has 0 aromatic carbocycles. The third-order valence-electron chi connectivity index (χ3n) is 3.23. The zero-order chi connectivity index (χ0) is 13.2. The number of nitrogens with zero attached hydrogens (tertiary/aromatic N) is 2. The lowest BCUT2D eigenvalue weighted by Crippen LogP contribution is -2.23. The van der Waals surface area contributed by atoms with E-state index in [4.69, 9.17) is 0 Å². The van der Waals surface area contributed by atoms with Gasteiger partial charge in [0.25, 0.3) is 5.91 Å². The van der Waals surface area contributed by atoms with Crippen molar-refractivity contribution in [3.05, 3.63) is 33.3 Å². The summed E-state index contributed by atoms with van der Waals surface area (Å²) in [6, 6.07) is 0. The molecule has 2 aromatic rings. The minimum absolute atomic E-state index is 0.132. The second-order valence-corrected chi connectivity index (χ2v) is 5.65. The molecule has 2 heterocycles. The summed E-state index contributed by atoms with van der Waals surface area (Å²) in [6.07, 6.45) is 4.55. The first-order chi connectivity index (χ1) is 9.22. The normalized spacial score (nSPS) is 14.2. The summed E-state index contributed by atoms with van der Waals surface area (Å²) in [7, 11) is 0. The molecule has 0 fully saturated rings. The Hall–Kier alpha value is -1.69. The number of imidazole rings is 1. The maximum Gasteiger partial charge on any atom is 0.280 e.